The Morgan fingerprint density at radius 1 is 1.29 bits per heavy atom. The molecule has 28 heavy (non-hydrogen) atoms. The maximum Gasteiger partial charge on any atom is 0.222 e. The molecule has 1 saturated carbocycles. The second-order valence-electron chi connectivity index (χ2n) is 6.69. The first-order chi connectivity index (χ1) is 13.1. The molecule has 0 heterocycles. The summed E-state index contributed by atoms with van der Waals surface area (Å²) in [7, 11) is 1.63. The summed E-state index contributed by atoms with van der Waals surface area (Å²) in [4.78, 5) is 16.5. The average Bonchev–Trinajstić information content (AvgIpc) is 3.15. The Hall–Kier alpha value is -1.22. The van der Waals surface area contributed by atoms with E-state index in [-0.39, 0.29) is 29.9 Å². The lowest BCUT2D eigenvalue weighted by molar-refractivity contribution is -0.121. The van der Waals surface area contributed by atoms with Crippen LogP contribution in [0.15, 0.2) is 23.2 Å². The molecule has 3 N–H and O–H groups in total. The van der Waals surface area contributed by atoms with Crippen LogP contribution in [-0.4, -0.2) is 44.7 Å². The standard InChI is InChI=1S/C20H31ClN4O2.HI/c1-3-22-20(24-13-11-19(26)25-16-6-4-5-7-16)23-12-10-15-8-9-17(27-2)14-18(15)21;/h8-9,14,16H,3-7,10-13H2,1-2H3,(H,25,26)(H2,22,23,24);1H. The number of benzene rings is 1. The number of hydrogen-bond donors (Lipinski definition) is 3. The molecule has 1 fully saturated rings. The highest BCUT2D eigenvalue weighted by molar-refractivity contribution is 14.0. The van der Waals surface area contributed by atoms with Crippen molar-refractivity contribution in [2.45, 2.75) is 51.5 Å². The van der Waals surface area contributed by atoms with Crippen LogP contribution < -0.4 is 20.7 Å². The number of amides is 1. The van der Waals surface area contributed by atoms with Crippen LogP contribution in [0.2, 0.25) is 5.02 Å². The Morgan fingerprint density at radius 2 is 2.04 bits per heavy atom. The topological polar surface area (TPSA) is 74.8 Å². The predicted molar refractivity (Wildman–Crippen MR) is 126 cm³/mol. The number of ether oxygens (including phenoxy) is 1. The smallest absolute Gasteiger partial charge is 0.222 e. The van der Waals surface area contributed by atoms with Crippen LogP contribution in [-0.2, 0) is 11.2 Å². The van der Waals surface area contributed by atoms with E-state index in [1.807, 2.05) is 25.1 Å². The molecule has 1 aliphatic carbocycles. The van der Waals surface area contributed by atoms with E-state index in [0.29, 0.717) is 30.6 Å². The van der Waals surface area contributed by atoms with Crippen molar-refractivity contribution < 1.29 is 9.53 Å². The molecule has 1 aromatic carbocycles. The molecular weight excluding hydrogens is 491 g/mol. The van der Waals surface area contributed by atoms with Crippen molar-refractivity contribution in [3.05, 3.63) is 28.8 Å². The summed E-state index contributed by atoms with van der Waals surface area (Å²) in [6.45, 7) is 3.96. The molecular formula is C20H32ClIN4O2. The third-order valence-corrected chi connectivity index (χ3v) is 4.97. The number of nitrogens with zero attached hydrogens (tertiary/aromatic N) is 1. The molecule has 2 rings (SSSR count). The maximum atomic E-state index is 12.0. The van der Waals surface area contributed by atoms with Gasteiger partial charge >= 0.3 is 0 Å². The summed E-state index contributed by atoms with van der Waals surface area (Å²) in [5, 5.41) is 10.3. The first kappa shape index (κ1) is 24.8. The number of guanidine groups is 1. The highest BCUT2D eigenvalue weighted by Gasteiger charge is 2.16. The van der Waals surface area contributed by atoms with E-state index in [2.05, 4.69) is 20.9 Å². The fourth-order valence-electron chi connectivity index (χ4n) is 3.15. The summed E-state index contributed by atoms with van der Waals surface area (Å²) in [5.74, 6) is 1.56. The first-order valence-electron chi connectivity index (χ1n) is 9.76. The minimum atomic E-state index is 0. The minimum Gasteiger partial charge on any atom is -0.497 e. The van der Waals surface area contributed by atoms with E-state index >= 15 is 0 Å². The molecule has 158 valence electrons. The van der Waals surface area contributed by atoms with Gasteiger partial charge in [0.25, 0.3) is 0 Å². The van der Waals surface area contributed by atoms with E-state index in [1.165, 1.54) is 12.8 Å². The van der Waals surface area contributed by atoms with Gasteiger partial charge in [-0.3, -0.25) is 9.79 Å². The number of methoxy groups -OCH3 is 1. The number of nitrogens with one attached hydrogen (secondary N) is 3. The summed E-state index contributed by atoms with van der Waals surface area (Å²) >= 11 is 6.27. The molecule has 8 heteroatoms. The zero-order valence-electron chi connectivity index (χ0n) is 16.7. The molecule has 0 radical (unpaired) electrons. The van der Waals surface area contributed by atoms with E-state index < -0.39 is 0 Å². The van der Waals surface area contributed by atoms with Gasteiger partial charge in [0.15, 0.2) is 5.96 Å². The van der Waals surface area contributed by atoms with Gasteiger partial charge in [0, 0.05) is 30.6 Å². The van der Waals surface area contributed by atoms with Crippen LogP contribution >= 0.6 is 35.6 Å². The fourth-order valence-corrected chi connectivity index (χ4v) is 3.42. The predicted octanol–water partition coefficient (Wildman–Crippen LogP) is 3.51. The van der Waals surface area contributed by atoms with Crippen molar-refractivity contribution in [2.24, 2.45) is 4.99 Å². The van der Waals surface area contributed by atoms with Crippen LogP contribution in [0.3, 0.4) is 0 Å². The number of halogens is 2. The van der Waals surface area contributed by atoms with E-state index in [9.17, 15) is 4.79 Å². The molecule has 0 saturated heterocycles. The van der Waals surface area contributed by atoms with E-state index in [1.54, 1.807) is 7.11 Å². The number of carbonyl (C=O) groups is 1. The van der Waals surface area contributed by atoms with Gasteiger partial charge in [0.1, 0.15) is 5.75 Å². The van der Waals surface area contributed by atoms with Crippen molar-refractivity contribution in [2.75, 3.05) is 26.7 Å². The van der Waals surface area contributed by atoms with Crippen LogP contribution in [0.5, 0.6) is 5.75 Å². The quantitative estimate of drug-likeness (QED) is 0.264. The van der Waals surface area contributed by atoms with Gasteiger partial charge in [0.05, 0.1) is 13.7 Å². The Morgan fingerprint density at radius 3 is 2.68 bits per heavy atom. The van der Waals surface area contributed by atoms with Gasteiger partial charge in [-0.05, 0) is 43.9 Å². The monoisotopic (exact) mass is 522 g/mol. The molecule has 0 aliphatic heterocycles. The third kappa shape index (κ3) is 8.86. The van der Waals surface area contributed by atoms with Gasteiger partial charge in [0.2, 0.25) is 5.91 Å². The molecule has 0 atom stereocenters. The van der Waals surface area contributed by atoms with Crippen molar-refractivity contribution >= 4 is 47.4 Å². The van der Waals surface area contributed by atoms with Crippen LogP contribution in [0.4, 0.5) is 0 Å². The molecule has 0 bridgehead atoms. The van der Waals surface area contributed by atoms with Crippen molar-refractivity contribution in [1.82, 2.24) is 16.0 Å². The zero-order chi connectivity index (χ0) is 19.5. The van der Waals surface area contributed by atoms with Crippen LogP contribution in [0.1, 0.15) is 44.6 Å². The first-order valence-corrected chi connectivity index (χ1v) is 10.1. The molecule has 1 aliphatic rings. The van der Waals surface area contributed by atoms with Gasteiger partial charge < -0.3 is 20.7 Å². The normalized spacial score (nSPS) is 14.3. The highest BCUT2D eigenvalue weighted by atomic mass is 127. The highest BCUT2D eigenvalue weighted by Crippen LogP contribution is 2.22. The van der Waals surface area contributed by atoms with E-state index in [4.69, 9.17) is 16.3 Å². The van der Waals surface area contributed by atoms with Crippen LogP contribution in [0, 0.1) is 0 Å². The molecule has 1 amide bonds. The molecule has 0 unspecified atom stereocenters. The van der Waals surface area contributed by atoms with Gasteiger partial charge in [-0.25, -0.2) is 0 Å². The number of rotatable bonds is 9. The van der Waals surface area contributed by atoms with Crippen molar-refractivity contribution in [3.63, 3.8) is 0 Å². The Balaban J connectivity index is 0.00000392. The summed E-state index contributed by atoms with van der Waals surface area (Å²) in [6.07, 6.45) is 5.83. The van der Waals surface area contributed by atoms with Gasteiger partial charge in [-0.2, -0.15) is 0 Å². The van der Waals surface area contributed by atoms with Gasteiger partial charge in [-0.1, -0.05) is 30.5 Å². The minimum absolute atomic E-state index is 0. The number of aliphatic imine (C=N–C) groups is 1. The third-order valence-electron chi connectivity index (χ3n) is 4.62. The molecule has 0 aromatic heterocycles. The lowest BCUT2D eigenvalue weighted by Crippen LogP contribution is -2.39. The summed E-state index contributed by atoms with van der Waals surface area (Å²) in [6, 6.07) is 6.06. The molecule has 0 spiro atoms. The lowest BCUT2D eigenvalue weighted by Gasteiger charge is -2.13. The largest absolute Gasteiger partial charge is 0.497 e. The van der Waals surface area contributed by atoms with Crippen LogP contribution in [0.25, 0.3) is 0 Å². The van der Waals surface area contributed by atoms with Gasteiger partial charge in [-0.15, -0.1) is 24.0 Å². The van der Waals surface area contributed by atoms with E-state index in [0.717, 1.165) is 43.1 Å². The average molecular weight is 523 g/mol. The molecule has 6 nitrogen and oxygen atoms in total. The number of carbonyl (C=O) groups excluding carboxylic acids is 1. The van der Waals surface area contributed by atoms with Crippen molar-refractivity contribution in [3.8, 4) is 5.75 Å². The summed E-state index contributed by atoms with van der Waals surface area (Å²) in [5.41, 5.74) is 1.05. The zero-order valence-corrected chi connectivity index (χ0v) is 19.8. The SMILES string of the molecule is CCNC(=NCCC(=O)NC1CCCC1)NCCc1ccc(OC)cc1Cl.I. The maximum absolute atomic E-state index is 12.0. The summed E-state index contributed by atoms with van der Waals surface area (Å²) < 4.78 is 5.17. The Kier molecular flexibility index (Phi) is 12.3. The van der Waals surface area contributed by atoms with Crippen molar-refractivity contribution in [1.29, 1.82) is 0 Å². The Bertz CT molecular complexity index is 637. The fraction of sp³-hybridized carbons (Fsp3) is 0.600. The Labute approximate surface area is 190 Å². The second-order valence-corrected chi connectivity index (χ2v) is 7.10. The lowest BCUT2D eigenvalue weighted by atomic mass is 10.1. The molecule has 1 aromatic rings. The second kappa shape index (κ2) is 13.9. The number of hydrogen-bond acceptors (Lipinski definition) is 3.